The summed E-state index contributed by atoms with van der Waals surface area (Å²) in [5, 5.41) is 6.64. The molecule has 7 nitrogen and oxygen atoms in total. The van der Waals surface area contributed by atoms with Crippen LogP contribution in [0.2, 0.25) is 0 Å². The number of halogens is 1. The Hall–Kier alpha value is -2.36. The number of guanidine groups is 1. The molecule has 0 heterocycles. The number of methoxy groups -OCH3 is 4. The molecule has 0 unspecified atom stereocenters. The summed E-state index contributed by atoms with van der Waals surface area (Å²) in [6.07, 6.45) is 0.699. The van der Waals surface area contributed by atoms with Crippen LogP contribution < -0.4 is 29.6 Å². The smallest absolute Gasteiger partial charge is 0.191 e. The second-order valence-corrected chi connectivity index (χ2v) is 6.43. The average molecular weight is 529 g/mol. The zero-order valence-corrected chi connectivity index (χ0v) is 20.8. The molecule has 30 heavy (non-hydrogen) atoms. The van der Waals surface area contributed by atoms with E-state index in [1.165, 1.54) is 0 Å². The highest BCUT2D eigenvalue weighted by molar-refractivity contribution is 14.0. The zero-order valence-electron chi connectivity index (χ0n) is 18.5. The fourth-order valence-corrected chi connectivity index (χ4v) is 3.03. The summed E-state index contributed by atoms with van der Waals surface area (Å²) >= 11 is 0. The molecule has 0 radical (unpaired) electrons. The van der Waals surface area contributed by atoms with Crippen LogP contribution in [0.3, 0.4) is 0 Å². The van der Waals surface area contributed by atoms with E-state index in [2.05, 4.69) is 27.8 Å². The molecule has 0 aliphatic heterocycles. The van der Waals surface area contributed by atoms with Gasteiger partial charge in [-0.15, -0.1) is 24.0 Å². The second kappa shape index (κ2) is 13.0. The van der Waals surface area contributed by atoms with E-state index in [0.717, 1.165) is 33.9 Å². The molecule has 2 aromatic carbocycles. The number of aryl methyl sites for hydroxylation is 1. The van der Waals surface area contributed by atoms with Gasteiger partial charge < -0.3 is 29.6 Å². The average Bonchev–Trinajstić information content (AvgIpc) is 2.76. The van der Waals surface area contributed by atoms with Crippen molar-refractivity contribution < 1.29 is 18.9 Å². The molecule has 8 heteroatoms. The van der Waals surface area contributed by atoms with Gasteiger partial charge in [0.25, 0.3) is 0 Å². The number of hydrogen-bond acceptors (Lipinski definition) is 5. The first-order chi connectivity index (χ1) is 14.1. The van der Waals surface area contributed by atoms with Gasteiger partial charge in [0.15, 0.2) is 5.96 Å². The number of nitrogens with zero attached hydrogens (tertiary/aromatic N) is 1. The first-order valence-corrected chi connectivity index (χ1v) is 9.43. The van der Waals surface area contributed by atoms with Crippen molar-refractivity contribution in [1.82, 2.24) is 10.6 Å². The number of aliphatic imine (C=N–C) groups is 1. The molecule has 0 atom stereocenters. The maximum atomic E-state index is 5.51. The van der Waals surface area contributed by atoms with Crippen molar-refractivity contribution in [2.24, 2.45) is 4.99 Å². The third-order valence-corrected chi connectivity index (χ3v) is 4.60. The minimum Gasteiger partial charge on any atom is -0.496 e. The van der Waals surface area contributed by atoms with Gasteiger partial charge in [-0.1, -0.05) is 12.1 Å². The summed E-state index contributed by atoms with van der Waals surface area (Å²) in [4.78, 5) is 4.29. The quantitative estimate of drug-likeness (QED) is 0.294. The minimum atomic E-state index is 0. The third-order valence-electron chi connectivity index (χ3n) is 4.60. The van der Waals surface area contributed by atoms with Gasteiger partial charge >= 0.3 is 0 Å². The summed E-state index contributed by atoms with van der Waals surface area (Å²) in [5.74, 6) is 3.73. The topological polar surface area (TPSA) is 73.3 Å². The van der Waals surface area contributed by atoms with Crippen LogP contribution in [0.15, 0.2) is 35.3 Å². The van der Waals surface area contributed by atoms with Crippen LogP contribution in [0.4, 0.5) is 0 Å². The van der Waals surface area contributed by atoms with E-state index in [0.29, 0.717) is 31.2 Å². The first-order valence-electron chi connectivity index (χ1n) is 9.43. The van der Waals surface area contributed by atoms with Crippen LogP contribution in [0.5, 0.6) is 23.0 Å². The Morgan fingerprint density at radius 1 is 0.867 bits per heavy atom. The van der Waals surface area contributed by atoms with Crippen molar-refractivity contribution in [3.63, 3.8) is 0 Å². The highest BCUT2D eigenvalue weighted by Crippen LogP contribution is 2.34. The Morgan fingerprint density at radius 3 is 2.03 bits per heavy atom. The molecular weight excluding hydrogens is 497 g/mol. The summed E-state index contributed by atoms with van der Waals surface area (Å²) in [6.45, 7) is 3.31. The van der Waals surface area contributed by atoms with Gasteiger partial charge in [0.1, 0.15) is 23.0 Å². The molecular formula is C22H32IN3O4. The van der Waals surface area contributed by atoms with E-state index in [-0.39, 0.29) is 24.0 Å². The first kappa shape index (κ1) is 25.7. The maximum absolute atomic E-state index is 5.51. The molecule has 0 bridgehead atoms. The van der Waals surface area contributed by atoms with Crippen LogP contribution in [0.25, 0.3) is 0 Å². The van der Waals surface area contributed by atoms with Gasteiger partial charge in [-0.25, -0.2) is 0 Å². The molecule has 0 aliphatic carbocycles. The molecule has 2 aromatic rings. The monoisotopic (exact) mass is 529 g/mol. The standard InChI is InChI=1S/C22H31N3O4.HI/c1-15-7-8-16(19(11-15)27-4)14-25-22(23-2)24-10-9-18-20(28-5)12-17(26-3)13-21(18)29-6;/h7-8,11-13H,9-10,14H2,1-6H3,(H2,23,24,25);1H. The lowest BCUT2D eigenvalue weighted by atomic mass is 10.1. The van der Waals surface area contributed by atoms with Gasteiger partial charge in [0.05, 0.1) is 28.4 Å². The Kier molecular flexibility index (Phi) is 11.2. The molecule has 0 aliphatic rings. The molecule has 2 rings (SSSR count). The molecule has 0 saturated heterocycles. The molecule has 0 spiro atoms. The van der Waals surface area contributed by atoms with Crippen LogP contribution >= 0.6 is 24.0 Å². The highest BCUT2D eigenvalue weighted by Gasteiger charge is 2.13. The van der Waals surface area contributed by atoms with Crippen molar-refractivity contribution in [3.8, 4) is 23.0 Å². The Morgan fingerprint density at radius 2 is 1.50 bits per heavy atom. The van der Waals surface area contributed by atoms with Crippen LogP contribution in [-0.2, 0) is 13.0 Å². The highest BCUT2D eigenvalue weighted by atomic mass is 127. The number of nitrogens with one attached hydrogen (secondary N) is 2. The van der Waals surface area contributed by atoms with Crippen LogP contribution in [0, 0.1) is 6.92 Å². The Bertz CT molecular complexity index is 818. The minimum absolute atomic E-state index is 0. The van der Waals surface area contributed by atoms with Crippen LogP contribution in [-0.4, -0.2) is 48.0 Å². The van der Waals surface area contributed by atoms with Crippen molar-refractivity contribution >= 4 is 29.9 Å². The summed E-state index contributed by atoms with van der Waals surface area (Å²) in [5.41, 5.74) is 3.20. The maximum Gasteiger partial charge on any atom is 0.191 e. The molecule has 166 valence electrons. The number of rotatable bonds is 9. The second-order valence-electron chi connectivity index (χ2n) is 6.43. The van der Waals surface area contributed by atoms with E-state index in [1.807, 2.05) is 25.1 Å². The van der Waals surface area contributed by atoms with E-state index in [1.54, 1.807) is 35.5 Å². The third kappa shape index (κ3) is 6.86. The van der Waals surface area contributed by atoms with Gasteiger partial charge in [0, 0.05) is 43.4 Å². The van der Waals surface area contributed by atoms with Crippen molar-refractivity contribution in [3.05, 3.63) is 47.0 Å². The lowest BCUT2D eigenvalue weighted by molar-refractivity contribution is 0.368. The summed E-state index contributed by atoms with van der Waals surface area (Å²) in [7, 11) is 8.33. The van der Waals surface area contributed by atoms with Crippen molar-refractivity contribution in [2.45, 2.75) is 19.9 Å². The molecule has 0 aromatic heterocycles. The summed E-state index contributed by atoms with van der Waals surface area (Å²) < 4.78 is 21.8. The fraction of sp³-hybridized carbons (Fsp3) is 0.409. The van der Waals surface area contributed by atoms with E-state index >= 15 is 0 Å². The Balaban J connectivity index is 0.00000450. The molecule has 2 N–H and O–H groups in total. The normalized spacial score (nSPS) is 10.7. The van der Waals surface area contributed by atoms with E-state index in [9.17, 15) is 0 Å². The Labute approximate surface area is 196 Å². The SMILES string of the molecule is CN=C(NCCc1c(OC)cc(OC)cc1OC)NCc1ccc(C)cc1OC.I. The number of ether oxygens (including phenoxy) is 4. The zero-order chi connectivity index (χ0) is 21.2. The number of benzene rings is 2. The lowest BCUT2D eigenvalue weighted by Gasteiger charge is -2.17. The summed E-state index contributed by atoms with van der Waals surface area (Å²) in [6, 6.07) is 9.86. The van der Waals surface area contributed by atoms with E-state index < -0.39 is 0 Å². The number of hydrogen-bond donors (Lipinski definition) is 2. The molecule has 0 amide bonds. The molecule has 0 fully saturated rings. The fourth-order valence-electron chi connectivity index (χ4n) is 3.03. The predicted molar refractivity (Wildman–Crippen MR) is 131 cm³/mol. The van der Waals surface area contributed by atoms with Crippen molar-refractivity contribution in [2.75, 3.05) is 42.0 Å². The van der Waals surface area contributed by atoms with Crippen LogP contribution in [0.1, 0.15) is 16.7 Å². The predicted octanol–water partition coefficient (Wildman–Crippen LogP) is 3.56. The largest absolute Gasteiger partial charge is 0.496 e. The van der Waals surface area contributed by atoms with Gasteiger partial charge in [-0.2, -0.15) is 0 Å². The lowest BCUT2D eigenvalue weighted by Crippen LogP contribution is -2.38. The van der Waals surface area contributed by atoms with Gasteiger partial charge in [-0.3, -0.25) is 4.99 Å². The van der Waals surface area contributed by atoms with Crippen molar-refractivity contribution in [1.29, 1.82) is 0 Å². The van der Waals surface area contributed by atoms with Gasteiger partial charge in [0.2, 0.25) is 0 Å². The van der Waals surface area contributed by atoms with Gasteiger partial charge in [-0.05, 0) is 25.0 Å². The van der Waals surface area contributed by atoms with E-state index in [4.69, 9.17) is 18.9 Å². The molecule has 0 saturated carbocycles.